The zero-order valence-electron chi connectivity index (χ0n) is 23.2. The average molecular weight is 603 g/mol. The number of nitrogens with zero attached hydrogens (tertiary/aromatic N) is 5. The first kappa shape index (κ1) is 27.6. The first-order valence-corrected chi connectivity index (χ1v) is 14.8. The quantitative estimate of drug-likeness (QED) is 0.227. The number of methoxy groups -OCH3 is 1. The van der Waals surface area contributed by atoms with Crippen molar-refractivity contribution in [2.24, 2.45) is 0 Å². The van der Waals surface area contributed by atoms with E-state index in [1.54, 1.807) is 4.90 Å². The van der Waals surface area contributed by atoms with Crippen molar-refractivity contribution >= 4 is 27.2 Å². The lowest BCUT2D eigenvalue weighted by molar-refractivity contribution is -0.148. The Morgan fingerprint density at radius 3 is 2.67 bits per heavy atom. The third-order valence-corrected chi connectivity index (χ3v) is 9.15. The standard InChI is InChI=1S/C29H30F4N6O2S/c1-16-22-11-21(36-39(22)5-4-34-16)26-25(24-20(31)9-17(30)10-23(24)41-7-6-40-2)27-19(3-8-42-27)28(35-26)37-12-18(13-37)38-14-29(32,33)15-38/h3,8-11,16,18,34H,4-7,12-15H2,1-2H3. The van der Waals surface area contributed by atoms with Gasteiger partial charge in [0.05, 0.1) is 37.5 Å². The lowest BCUT2D eigenvalue weighted by Crippen LogP contribution is -2.69. The summed E-state index contributed by atoms with van der Waals surface area (Å²) in [5, 5.41) is 11.0. The van der Waals surface area contributed by atoms with Gasteiger partial charge in [-0.25, -0.2) is 22.5 Å². The lowest BCUT2D eigenvalue weighted by Gasteiger charge is -2.52. The average Bonchev–Trinajstić information content (AvgIpc) is 3.55. The van der Waals surface area contributed by atoms with E-state index in [4.69, 9.17) is 19.6 Å². The first-order valence-electron chi connectivity index (χ1n) is 13.9. The Morgan fingerprint density at radius 1 is 1.12 bits per heavy atom. The third-order valence-electron chi connectivity index (χ3n) is 8.22. The molecule has 1 N–H and O–H groups in total. The van der Waals surface area contributed by atoms with Crippen molar-refractivity contribution in [2.45, 2.75) is 31.5 Å². The van der Waals surface area contributed by atoms with E-state index in [1.807, 2.05) is 22.2 Å². The van der Waals surface area contributed by atoms with Gasteiger partial charge in [-0.2, -0.15) is 5.10 Å². The van der Waals surface area contributed by atoms with E-state index in [0.29, 0.717) is 42.4 Å². The van der Waals surface area contributed by atoms with Gasteiger partial charge in [-0.3, -0.25) is 9.58 Å². The van der Waals surface area contributed by atoms with Crippen molar-refractivity contribution in [1.82, 2.24) is 25.0 Å². The number of anilines is 1. The number of rotatable bonds is 8. The minimum absolute atomic E-state index is 0.0189. The lowest BCUT2D eigenvalue weighted by atomic mass is 9.97. The zero-order chi connectivity index (χ0) is 29.2. The SMILES string of the molecule is COCCOc1cc(F)cc(F)c1-c1c(-c2cc3n(n2)CCNC3C)nc(N2CC(N3CC(F)(F)C3)C2)c2ccsc12. The molecular weight excluding hydrogens is 572 g/mol. The molecule has 0 aliphatic carbocycles. The van der Waals surface area contributed by atoms with Crippen LogP contribution in [0.2, 0.25) is 0 Å². The van der Waals surface area contributed by atoms with E-state index >= 15 is 4.39 Å². The first-order chi connectivity index (χ1) is 20.2. The molecule has 8 nitrogen and oxygen atoms in total. The summed E-state index contributed by atoms with van der Waals surface area (Å²) in [6, 6.07) is 6.00. The number of fused-ring (bicyclic) bond motifs is 2. The Balaban J connectivity index is 1.38. The highest BCUT2D eigenvalue weighted by Crippen LogP contribution is 2.48. The van der Waals surface area contributed by atoms with Crippen LogP contribution in [0.4, 0.5) is 23.4 Å². The maximum Gasteiger partial charge on any atom is 0.272 e. The van der Waals surface area contributed by atoms with Crippen LogP contribution in [0, 0.1) is 11.6 Å². The molecule has 1 unspecified atom stereocenters. The van der Waals surface area contributed by atoms with Crippen LogP contribution in [-0.2, 0) is 11.3 Å². The molecule has 0 bridgehead atoms. The molecule has 13 heteroatoms. The van der Waals surface area contributed by atoms with E-state index in [0.717, 1.165) is 28.4 Å². The number of likely N-dealkylation sites (tertiary alicyclic amines) is 1. The monoisotopic (exact) mass is 602 g/mol. The van der Waals surface area contributed by atoms with E-state index in [1.165, 1.54) is 24.5 Å². The summed E-state index contributed by atoms with van der Waals surface area (Å²) in [5.41, 5.74) is 2.59. The second-order valence-electron chi connectivity index (χ2n) is 11.1. The maximum atomic E-state index is 15.8. The highest BCUT2D eigenvalue weighted by molar-refractivity contribution is 7.18. The number of benzene rings is 1. The van der Waals surface area contributed by atoms with Crippen LogP contribution in [0.1, 0.15) is 18.7 Å². The highest BCUT2D eigenvalue weighted by atomic mass is 32.1. The second kappa shape index (κ2) is 10.5. The summed E-state index contributed by atoms with van der Waals surface area (Å²) in [7, 11) is 1.52. The summed E-state index contributed by atoms with van der Waals surface area (Å²) in [4.78, 5) is 8.97. The summed E-state index contributed by atoms with van der Waals surface area (Å²) in [6.07, 6.45) is 0. The maximum absolute atomic E-state index is 15.8. The molecule has 1 atom stereocenters. The van der Waals surface area contributed by atoms with Gasteiger partial charge >= 0.3 is 0 Å². The molecule has 42 heavy (non-hydrogen) atoms. The Kier molecular flexibility index (Phi) is 6.87. The second-order valence-corrected chi connectivity index (χ2v) is 12.0. The van der Waals surface area contributed by atoms with E-state index < -0.39 is 17.6 Å². The van der Waals surface area contributed by atoms with Crippen LogP contribution < -0.4 is 15.0 Å². The van der Waals surface area contributed by atoms with Crippen LogP contribution in [0.3, 0.4) is 0 Å². The number of pyridine rings is 1. The Labute approximate surface area is 243 Å². The molecule has 0 saturated carbocycles. The number of halogens is 4. The van der Waals surface area contributed by atoms with Gasteiger partial charge in [0, 0.05) is 66.6 Å². The molecule has 6 heterocycles. The Hall–Kier alpha value is -3.26. The Bertz CT molecular complexity index is 1640. The van der Waals surface area contributed by atoms with Crippen LogP contribution in [0.25, 0.3) is 32.6 Å². The predicted octanol–water partition coefficient (Wildman–Crippen LogP) is 4.93. The summed E-state index contributed by atoms with van der Waals surface area (Å²) in [6.45, 7) is 4.51. The van der Waals surface area contributed by atoms with E-state index in [-0.39, 0.29) is 49.7 Å². The summed E-state index contributed by atoms with van der Waals surface area (Å²) >= 11 is 1.43. The molecule has 1 aromatic carbocycles. The molecule has 2 fully saturated rings. The minimum Gasteiger partial charge on any atom is -0.490 e. The number of nitrogens with one attached hydrogen (secondary N) is 1. The fourth-order valence-electron chi connectivity index (χ4n) is 6.04. The van der Waals surface area contributed by atoms with Crippen molar-refractivity contribution in [2.75, 3.05) is 57.9 Å². The van der Waals surface area contributed by atoms with Crippen molar-refractivity contribution < 1.29 is 27.0 Å². The largest absolute Gasteiger partial charge is 0.490 e. The van der Waals surface area contributed by atoms with E-state index in [9.17, 15) is 13.2 Å². The smallest absolute Gasteiger partial charge is 0.272 e. The predicted molar refractivity (Wildman–Crippen MR) is 153 cm³/mol. The molecule has 222 valence electrons. The number of ether oxygens (including phenoxy) is 2. The molecule has 4 aromatic rings. The van der Waals surface area contributed by atoms with Gasteiger partial charge in [-0.15, -0.1) is 11.3 Å². The van der Waals surface area contributed by atoms with E-state index in [2.05, 4.69) is 17.1 Å². The number of hydrogen-bond acceptors (Lipinski definition) is 8. The van der Waals surface area contributed by atoms with Crippen molar-refractivity contribution in [3.8, 4) is 28.3 Å². The fraction of sp³-hybridized carbons (Fsp3) is 0.448. The number of aromatic nitrogens is 3. The molecule has 3 aliphatic heterocycles. The van der Waals surface area contributed by atoms with Crippen molar-refractivity contribution in [3.63, 3.8) is 0 Å². The topological polar surface area (TPSA) is 67.7 Å². The van der Waals surface area contributed by atoms with Crippen molar-refractivity contribution in [1.29, 1.82) is 0 Å². The van der Waals surface area contributed by atoms with Gasteiger partial charge < -0.3 is 19.7 Å². The van der Waals surface area contributed by atoms with Gasteiger partial charge in [0.1, 0.15) is 41.2 Å². The number of thiophene rings is 1. The van der Waals surface area contributed by atoms with Crippen molar-refractivity contribution in [3.05, 3.63) is 47.0 Å². The summed E-state index contributed by atoms with van der Waals surface area (Å²) < 4.78 is 70.9. The zero-order valence-corrected chi connectivity index (χ0v) is 24.0. The molecule has 2 saturated heterocycles. The van der Waals surface area contributed by atoms with Crippen LogP contribution in [-0.4, -0.2) is 84.7 Å². The molecular formula is C29H30F4N6O2S. The molecule has 0 amide bonds. The van der Waals surface area contributed by atoms with Gasteiger partial charge in [0.25, 0.3) is 5.92 Å². The van der Waals surface area contributed by atoms with Gasteiger partial charge in [0.15, 0.2) is 0 Å². The van der Waals surface area contributed by atoms with Crippen LogP contribution >= 0.6 is 11.3 Å². The molecule has 3 aromatic heterocycles. The minimum atomic E-state index is -2.62. The summed E-state index contributed by atoms with van der Waals surface area (Å²) in [5.74, 6) is -3.40. The third kappa shape index (κ3) is 4.72. The van der Waals surface area contributed by atoms with Gasteiger partial charge in [-0.1, -0.05) is 0 Å². The molecule has 0 spiro atoms. The molecule has 7 rings (SSSR count). The van der Waals surface area contributed by atoms with Gasteiger partial charge in [-0.05, 0) is 24.4 Å². The van der Waals surface area contributed by atoms with Gasteiger partial charge in [0.2, 0.25) is 0 Å². The molecule has 3 aliphatic rings. The molecule has 0 radical (unpaired) electrons. The van der Waals surface area contributed by atoms with Crippen LogP contribution in [0.5, 0.6) is 5.75 Å². The number of hydrogen-bond donors (Lipinski definition) is 1. The normalized spacial score (nSPS) is 20.4. The highest BCUT2D eigenvalue weighted by Gasteiger charge is 2.49. The fourth-order valence-corrected chi connectivity index (χ4v) is 6.98. The van der Waals surface area contributed by atoms with Crippen LogP contribution in [0.15, 0.2) is 29.6 Å². The Morgan fingerprint density at radius 2 is 1.93 bits per heavy atom. The number of alkyl halides is 2.